The van der Waals surface area contributed by atoms with Crippen molar-refractivity contribution in [3.05, 3.63) is 0 Å². The lowest BCUT2D eigenvalue weighted by Crippen LogP contribution is -2.19. The minimum Gasteiger partial charge on any atom is -0.110 e. The van der Waals surface area contributed by atoms with Gasteiger partial charge in [-0.3, -0.25) is 0 Å². The highest BCUT2D eigenvalue weighted by Crippen LogP contribution is 2.33. The summed E-state index contributed by atoms with van der Waals surface area (Å²) in [7, 11) is -0.244. The zero-order chi connectivity index (χ0) is 8.97. The highest BCUT2D eigenvalue weighted by molar-refractivity contribution is 6.69. The van der Waals surface area contributed by atoms with Gasteiger partial charge in [0.1, 0.15) is 0 Å². The summed E-state index contributed by atoms with van der Waals surface area (Å²) in [5.41, 5.74) is 0.852. The molecule has 1 aliphatic rings. The Morgan fingerprint density at radius 1 is 1.17 bits per heavy atom. The molecule has 0 aromatic heterocycles. The lowest BCUT2D eigenvalue weighted by molar-refractivity contribution is 0.348. The number of alkyl halides is 2. The quantitative estimate of drug-likeness (QED) is 0.510. The third kappa shape index (κ3) is 3.67. The standard InChI is InChI=1S/C9H18Cl2Si/c1-7(12-9(10)11)8-5-3-2-4-6-8/h7-9H,2-6,12H2,1H3. The van der Waals surface area contributed by atoms with Crippen LogP contribution in [0, 0.1) is 5.92 Å². The van der Waals surface area contributed by atoms with Crippen LogP contribution in [0.25, 0.3) is 0 Å². The molecule has 0 amide bonds. The van der Waals surface area contributed by atoms with Gasteiger partial charge in [-0.2, -0.15) is 0 Å². The van der Waals surface area contributed by atoms with E-state index in [9.17, 15) is 0 Å². The first-order chi connectivity index (χ1) is 5.70. The highest BCUT2D eigenvalue weighted by Gasteiger charge is 2.21. The molecule has 0 N–H and O–H groups in total. The normalized spacial score (nSPS) is 24.0. The van der Waals surface area contributed by atoms with Gasteiger partial charge >= 0.3 is 0 Å². The molecule has 1 saturated carbocycles. The van der Waals surface area contributed by atoms with E-state index in [1.807, 2.05) is 0 Å². The van der Waals surface area contributed by atoms with Gasteiger partial charge in [-0.25, -0.2) is 0 Å². The third-order valence-corrected chi connectivity index (χ3v) is 5.84. The first-order valence-corrected chi connectivity index (χ1v) is 7.49. The van der Waals surface area contributed by atoms with Crippen molar-refractivity contribution in [1.82, 2.24) is 0 Å². The zero-order valence-corrected chi connectivity index (χ0v) is 10.7. The van der Waals surface area contributed by atoms with Gasteiger partial charge in [0, 0.05) is 0 Å². The molecule has 1 rings (SSSR count). The molecule has 3 heteroatoms. The topological polar surface area (TPSA) is 0 Å². The van der Waals surface area contributed by atoms with E-state index in [1.165, 1.54) is 32.1 Å². The van der Waals surface area contributed by atoms with Gasteiger partial charge in [0.05, 0.1) is 14.0 Å². The Bertz CT molecular complexity index is 122. The minimum absolute atomic E-state index is 0.0260. The van der Waals surface area contributed by atoms with Gasteiger partial charge < -0.3 is 0 Å². The van der Waals surface area contributed by atoms with Crippen LogP contribution in [0.3, 0.4) is 0 Å². The maximum Gasteiger partial charge on any atom is 0.0910 e. The highest BCUT2D eigenvalue weighted by atomic mass is 35.5. The van der Waals surface area contributed by atoms with Gasteiger partial charge in [0.25, 0.3) is 0 Å². The number of rotatable bonds is 3. The largest absolute Gasteiger partial charge is 0.110 e. The predicted octanol–water partition coefficient (Wildman–Crippen LogP) is 3.31. The fraction of sp³-hybridized carbons (Fsp3) is 1.00. The Morgan fingerprint density at radius 2 is 1.75 bits per heavy atom. The second-order valence-corrected chi connectivity index (χ2v) is 8.89. The lowest BCUT2D eigenvalue weighted by atomic mass is 9.87. The van der Waals surface area contributed by atoms with E-state index < -0.39 is 0 Å². The van der Waals surface area contributed by atoms with Crippen LogP contribution in [-0.4, -0.2) is 14.0 Å². The molecule has 1 fully saturated rings. The summed E-state index contributed by atoms with van der Waals surface area (Å²) in [6.45, 7) is 2.35. The molecular formula is C9H18Cl2Si. The van der Waals surface area contributed by atoms with E-state index in [0.717, 1.165) is 11.5 Å². The molecule has 0 aromatic carbocycles. The molecule has 72 valence electrons. The fourth-order valence-electron chi connectivity index (χ4n) is 2.18. The van der Waals surface area contributed by atoms with Crippen molar-refractivity contribution in [3.8, 4) is 0 Å². The van der Waals surface area contributed by atoms with Crippen molar-refractivity contribution in [2.24, 2.45) is 5.92 Å². The number of hydrogen-bond donors (Lipinski definition) is 0. The molecule has 1 aliphatic carbocycles. The molecule has 0 radical (unpaired) electrons. The summed E-state index contributed by atoms with van der Waals surface area (Å²) >= 11 is 11.6. The summed E-state index contributed by atoms with van der Waals surface area (Å²) in [6, 6.07) is 0. The van der Waals surface area contributed by atoms with Crippen LogP contribution >= 0.6 is 23.2 Å². The van der Waals surface area contributed by atoms with Gasteiger partial charge in [-0.05, 0) is 11.5 Å². The summed E-state index contributed by atoms with van der Waals surface area (Å²) in [4.78, 5) is 0. The number of halogens is 2. The molecule has 12 heavy (non-hydrogen) atoms. The van der Waals surface area contributed by atoms with E-state index in [4.69, 9.17) is 23.2 Å². The molecule has 0 spiro atoms. The fourth-order valence-corrected chi connectivity index (χ4v) is 5.28. The molecule has 0 aliphatic heterocycles. The van der Waals surface area contributed by atoms with E-state index in [2.05, 4.69) is 6.92 Å². The van der Waals surface area contributed by atoms with Crippen molar-refractivity contribution in [2.75, 3.05) is 0 Å². The first-order valence-electron chi connectivity index (χ1n) is 4.98. The minimum atomic E-state index is -0.244. The van der Waals surface area contributed by atoms with E-state index in [1.54, 1.807) is 0 Å². The second kappa shape index (κ2) is 5.51. The lowest BCUT2D eigenvalue weighted by Gasteiger charge is -2.27. The van der Waals surface area contributed by atoms with Crippen molar-refractivity contribution < 1.29 is 0 Å². The van der Waals surface area contributed by atoms with Crippen molar-refractivity contribution in [1.29, 1.82) is 0 Å². The average Bonchev–Trinajstić information content (AvgIpc) is 2.05. The third-order valence-electron chi connectivity index (χ3n) is 3.00. The zero-order valence-electron chi connectivity index (χ0n) is 7.73. The predicted molar refractivity (Wildman–Crippen MR) is 60.0 cm³/mol. The molecule has 0 heterocycles. The van der Waals surface area contributed by atoms with Crippen LogP contribution in [0.15, 0.2) is 0 Å². The summed E-state index contributed by atoms with van der Waals surface area (Å²) in [6.07, 6.45) is 7.15. The summed E-state index contributed by atoms with van der Waals surface area (Å²) < 4.78 is -0.0260. The van der Waals surface area contributed by atoms with Crippen LogP contribution in [-0.2, 0) is 0 Å². The van der Waals surface area contributed by atoms with Gasteiger partial charge in [0.2, 0.25) is 0 Å². The average molecular weight is 225 g/mol. The Balaban J connectivity index is 2.24. The molecule has 0 aromatic rings. The van der Waals surface area contributed by atoms with Crippen molar-refractivity contribution in [2.45, 2.75) is 49.0 Å². The molecule has 1 unspecified atom stereocenters. The smallest absolute Gasteiger partial charge is 0.0910 e. The maximum atomic E-state index is 5.82. The SMILES string of the molecule is CC([SiH2]C(Cl)Cl)C1CCCCC1. The van der Waals surface area contributed by atoms with Gasteiger partial charge in [0.15, 0.2) is 0 Å². The Morgan fingerprint density at radius 3 is 2.25 bits per heavy atom. The first kappa shape index (κ1) is 10.9. The summed E-state index contributed by atoms with van der Waals surface area (Å²) in [5, 5.41) is 0. The maximum absolute atomic E-state index is 5.82. The van der Waals surface area contributed by atoms with Crippen LogP contribution in [0.4, 0.5) is 0 Å². The van der Waals surface area contributed by atoms with Crippen LogP contribution in [0.1, 0.15) is 39.0 Å². The monoisotopic (exact) mass is 224 g/mol. The Labute approximate surface area is 87.8 Å². The molecule has 0 saturated heterocycles. The van der Waals surface area contributed by atoms with Crippen LogP contribution < -0.4 is 0 Å². The molecule has 1 atom stereocenters. The number of hydrogen-bond acceptors (Lipinski definition) is 0. The van der Waals surface area contributed by atoms with Crippen LogP contribution in [0.5, 0.6) is 0 Å². The van der Waals surface area contributed by atoms with Gasteiger partial charge in [-0.15, -0.1) is 23.2 Å². The van der Waals surface area contributed by atoms with Crippen molar-refractivity contribution >= 4 is 32.7 Å². The van der Waals surface area contributed by atoms with Gasteiger partial charge in [-0.1, -0.05) is 39.0 Å². The molecule has 0 nitrogen and oxygen atoms in total. The van der Waals surface area contributed by atoms with E-state index in [0.29, 0.717) is 0 Å². The van der Waals surface area contributed by atoms with E-state index >= 15 is 0 Å². The molecular weight excluding hydrogens is 207 g/mol. The van der Waals surface area contributed by atoms with E-state index in [-0.39, 0.29) is 14.0 Å². The molecule has 0 bridgehead atoms. The Hall–Kier alpha value is 0.797. The Kier molecular flexibility index (Phi) is 4.99. The van der Waals surface area contributed by atoms with Crippen molar-refractivity contribution in [3.63, 3.8) is 0 Å². The second-order valence-electron chi connectivity index (χ2n) is 4.00. The summed E-state index contributed by atoms with van der Waals surface area (Å²) in [5.74, 6) is 0.949. The van der Waals surface area contributed by atoms with Crippen LogP contribution in [0.2, 0.25) is 5.54 Å².